The lowest BCUT2D eigenvalue weighted by Gasteiger charge is -2.18. The number of benzene rings is 1. The molecule has 1 aromatic carbocycles. The number of rotatable bonds is 2. The van der Waals surface area contributed by atoms with Crippen LogP contribution in [0.4, 0.5) is 0 Å². The van der Waals surface area contributed by atoms with E-state index in [9.17, 15) is 0 Å². The summed E-state index contributed by atoms with van der Waals surface area (Å²) in [7, 11) is 0. The average Bonchev–Trinajstić information content (AvgIpc) is 2.88. The molecule has 1 unspecified atom stereocenters. The lowest BCUT2D eigenvalue weighted by molar-refractivity contribution is 0.171. The molecule has 6 nitrogen and oxygen atoms in total. The van der Waals surface area contributed by atoms with Gasteiger partial charge in [-0.2, -0.15) is 4.98 Å². The number of nitrogens with zero attached hydrogens (tertiary/aromatic N) is 2. The monoisotopic (exact) mass is 247 g/mol. The number of fused-ring (bicyclic) bond motifs is 1. The van der Waals surface area contributed by atoms with Crippen molar-refractivity contribution in [3.05, 3.63) is 24.0 Å². The summed E-state index contributed by atoms with van der Waals surface area (Å²) in [4.78, 5) is 4.23. The fourth-order valence-corrected chi connectivity index (χ4v) is 1.71. The van der Waals surface area contributed by atoms with E-state index in [0.717, 1.165) is 11.3 Å². The van der Waals surface area contributed by atoms with Gasteiger partial charge in [-0.1, -0.05) is 5.16 Å². The summed E-state index contributed by atoms with van der Waals surface area (Å²) in [6.45, 7) is 2.92. The number of ether oxygens (including phenoxy) is 2. The van der Waals surface area contributed by atoms with E-state index in [2.05, 4.69) is 10.1 Å². The molecule has 94 valence electrons. The first-order valence-corrected chi connectivity index (χ1v) is 5.73. The Morgan fingerprint density at radius 1 is 1.22 bits per heavy atom. The first kappa shape index (κ1) is 11.0. The van der Waals surface area contributed by atoms with E-state index >= 15 is 0 Å². The molecule has 0 saturated heterocycles. The summed E-state index contributed by atoms with van der Waals surface area (Å²) in [5.41, 5.74) is 6.48. The van der Waals surface area contributed by atoms with Crippen molar-refractivity contribution in [1.29, 1.82) is 0 Å². The molecule has 18 heavy (non-hydrogen) atoms. The van der Waals surface area contributed by atoms with Crippen LogP contribution in [0.2, 0.25) is 0 Å². The zero-order valence-electron chi connectivity index (χ0n) is 9.92. The molecule has 3 rings (SSSR count). The van der Waals surface area contributed by atoms with Crippen LogP contribution in [0.3, 0.4) is 0 Å². The van der Waals surface area contributed by atoms with Gasteiger partial charge in [0.2, 0.25) is 0 Å². The fourth-order valence-electron chi connectivity index (χ4n) is 1.71. The summed E-state index contributed by atoms with van der Waals surface area (Å²) in [5.74, 6) is 2.34. The van der Waals surface area contributed by atoms with E-state index in [-0.39, 0.29) is 6.04 Å². The van der Waals surface area contributed by atoms with Crippen LogP contribution in [0.15, 0.2) is 22.7 Å². The predicted molar refractivity (Wildman–Crippen MR) is 63.3 cm³/mol. The van der Waals surface area contributed by atoms with Gasteiger partial charge in [0.15, 0.2) is 17.3 Å². The first-order valence-electron chi connectivity index (χ1n) is 5.73. The summed E-state index contributed by atoms with van der Waals surface area (Å²) in [5, 5.41) is 3.82. The molecule has 0 aliphatic carbocycles. The van der Waals surface area contributed by atoms with Crippen LogP contribution in [0.5, 0.6) is 11.5 Å². The molecule has 1 aliphatic heterocycles. The second kappa shape index (κ2) is 4.30. The Kier molecular flexibility index (Phi) is 2.64. The molecule has 2 N–H and O–H groups in total. The van der Waals surface area contributed by atoms with Crippen molar-refractivity contribution in [3.8, 4) is 23.0 Å². The second-order valence-electron chi connectivity index (χ2n) is 4.10. The first-order chi connectivity index (χ1) is 8.74. The Bertz CT molecular complexity index is 565. The normalized spacial score (nSPS) is 15.4. The van der Waals surface area contributed by atoms with Crippen molar-refractivity contribution in [2.45, 2.75) is 13.0 Å². The third-order valence-electron chi connectivity index (χ3n) is 2.64. The summed E-state index contributed by atoms with van der Waals surface area (Å²) >= 11 is 0. The number of nitrogens with two attached hydrogens (primary N) is 1. The maximum Gasteiger partial charge on any atom is 0.258 e. The van der Waals surface area contributed by atoms with E-state index in [1.165, 1.54) is 0 Å². The van der Waals surface area contributed by atoms with Gasteiger partial charge in [0, 0.05) is 5.56 Å². The third kappa shape index (κ3) is 1.91. The number of hydrogen-bond donors (Lipinski definition) is 1. The van der Waals surface area contributed by atoms with Crippen LogP contribution < -0.4 is 15.2 Å². The SMILES string of the molecule is CC(N)c1noc(-c2ccc3c(c2)OCCO3)n1. The molecule has 2 heterocycles. The van der Waals surface area contributed by atoms with Crippen LogP contribution in [-0.2, 0) is 0 Å². The molecular weight excluding hydrogens is 234 g/mol. The molecule has 1 aliphatic rings. The zero-order chi connectivity index (χ0) is 12.5. The Hall–Kier alpha value is -2.08. The van der Waals surface area contributed by atoms with Crippen LogP contribution in [0, 0.1) is 0 Å². The fraction of sp³-hybridized carbons (Fsp3) is 0.333. The third-order valence-corrected chi connectivity index (χ3v) is 2.64. The Balaban J connectivity index is 1.95. The van der Waals surface area contributed by atoms with Gasteiger partial charge in [-0.05, 0) is 25.1 Å². The highest BCUT2D eigenvalue weighted by molar-refractivity contribution is 5.60. The van der Waals surface area contributed by atoms with Crippen LogP contribution in [0.25, 0.3) is 11.5 Å². The standard InChI is InChI=1S/C12H13N3O3/c1-7(13)11-14-12(18-15-11)8-2-3-9-10(6-8)17-5-4-16-9/h2-3,6-7H,4-5,13H2,1H3. The average molecular weight is 247 g/mol. The topological polar surface area (TPSA) is 83.4 Å². The largest absolute Gasteiger partial charge is 0.486 e. The van der Waals surface area contributed by atoms with Gasteiger partial charge in [-0.25, -0.2) is 0 Å². The molecule has 0 amide bonds. The van der Waals surface area contributed by atoms with Gasteiger partial charge in [0.1, 0.15) is 13.2 Å². The summed E-state index contributed by atoms with van der Waals surface area (Å²) in [6, 6.07) is 5.26. The van der Waals surface area contributed by atoms with E-state index in [0.29, 0.717) is 30.7 Å². The minimum Gasteiger partial charge on any atom is -0.486 e. The molecule has 0 saturated carbocycles. The Morgan fingerprint density at radius 3 is 2.72 bits per heavy atom. The lowest BCUT2D eigenvalue weighted by atomic mass is 10.2. The van der Waals surface area contributed by atoms with Crippen LogP contribution in [0.1, 0.15) is 18.8 Å². The minimum absolute atomic E-state index is 0.250. The lowest BCUT2D eigenvalue weighted by Crippen LogP contribution is -2.15. The van der Waals surface area contributed by atoms with Crippen LogP contribution >= 0.6 is 0 Å². The van der Waals surface area contributed by atoms with Crippen molar-refractivity contribution in [2.75, 3.05) is 13.2 Å². The smallest absolute Gasteiger partial charge is 0.258 e. The maximum absolute atomic E-state index is 5.69. The van der Waals surface area contributed by atoms with E-state index < -0.39 is 0 Å². The quantitative estimate of drug-likeness (QED) is 0.866. The van der Waals surface area contributed by atoms with E-state index in [4.69, 9.17) is 19.7 Å². The van der Waals surface area contributed by atoms with Crippen molar-refractivity contribution in [2.24, 2.45) is 5.73 Å². The van der Waals surface area contributed by atoms with Gasteiger partial charge < -0.3 is 19.7 Å². The highest BCUT2D eigenvalue weighted by Crippen LogP contribution is 2.34. The van der Waals surface area contributed by atoms with Gasteiger partial charge >= 0.3 is 0 Å². The number of aromatic nitrogens is 2. The van der Waals surface area contributed by atoms with Gasteiger partial charge in [-0.15, -0.1) is 0 Å². The molecule has 0 fully saturated rings. The van der Waals surface area contributed by atoms with Gasteiger partial charge in [-0.3, -0.25) is 0 Å². The zero-order valence-corrected chi connectivity index (χ0v) is 9.92. The van der Waals surface area contributed by atoms with Crippen LogP contribution in [-0.4, -0.2) is 23.4 Å². The molecule has 1 atom stereocenters. The van der Waals surface area contributed by atoms with Gasteiger partial charge in [0.25, 0.3) is 5.89 Å². The second-order valence-corrected chi connectivity index (χ2v) is 4.10. The molecule has 0 bridgehead atoms. The highest BCUT2D eigenvalue weighted by Gasteiger charge is 2.16. The molecule has 2 aromatic rings. The van der Waals surface area contributed by atoms with Crippen molar-refractivity contribution in [3.63, 3.8) is 0 Å². The molecule has 0 radical (unpaired) electrons. The highest BCUT2D eigenvalue weighted by atomic mass is 16.6. The molecule has 1 aromatic heterocycles. The maximum atomic E-state index is 5.69. The number of hydrogen-bond acceptors (Lipinski definition) is 6. The van der Waals surface area contributed by atoms with Crippen molar-refractivity contribution in [1.82, 2.24) is 10.1 Å². The minimum atomic E-state index is -0.250. The van der Waals surface area contributed by atoms with Crippen molar-refractivity contribution >= 4 is 0 Å². The van der Waals surface area contributed by atoms with Gasteiger partial charge in [0.05, 0.1) is 6.04 Å². The Labute approximate surface area is 104 Å². The van der Waals surface area contributed by atoms with E-state index in [1.54, 1.807) is 6.92 Å². The summed E-state index contributed by atoms with van der Waals surface area (Å²) in [6.07, 6.45) is 0. The summed E-state index contributed by atoms with van der Waals surface area (Å²) < 4.78 is 16.1. The Morgan fingerprint density at radius 2 is 2.00 bits per heavy atom. The molecule has 0 spiro atoms. The van der Waals surface area contributed by atoms with Crippen molar-refractivity contribution < 1.29 is 14.0 Å². The predicted octanol–water partition coefficient (Wildman–Crippen LogP) is 1.53. The molecule has 6 heteroatoms. The van der Waals surface area contributed by atoms with E-state index in [1.807, 2.05) is 18.2 Å². The molecular formula is C12H13N3O3.